The van der Waals surface area contributed by atoms with Gasteiger partial charge in [0.15, 0.2) is 0 Å². The van der Waals surface area contributed by atoms with Gasteiger partial charge in [-0.15, -0.1) is 0 Å². The van der Waals surface area contributed by atoms with E-state index in [1.54, 1.807) is 0 Å². The zero-order valence-electron chi connectivity index (χ0n) is 18.0. The molecule has 0 radical (unpaired) electrons. The summed E-state index contributed by atoms with van der Waals surface area (Å²) >= 11 is 0. The average Bonchev–Trinajstić information content (AvgIpc) is 3.25. The van der Waals surface area contributed by atoms with E-state index in [1.165, 1.54) is 35.8 Å². The number of anilines is 2. The van der Waals surface area contributed by atoms with Crippen LogP contribution in [0.1, 0.15) is 43.2 Å². The second kappa shape index (κ2) is 9.06. The van der Waals surface area contributed by atoms with Gasteiger partial charge in [-0.25, -0.2) is 4.98 Å². The number of benzene rings is 2. The van der Waals surface area contributed by atoms with E-state index in [0.717, 1.165) is 56.2 Å². The van der Waals surface area contributed by atoms with Crippen molar-refractivity contribution in [1.29, 1.82) is 0 Å². The molecule has 2 aliphatic rings. The largest absolute Gasteiger partial charge is 0.356 e. The molecule has 0 bridgehead atoms. The molecule has 31 heavy (non-hydrogen) atoms. The number of rotatable bonds is 6. The molecule has 0 aliphatic carbocycles. The number of carbonyl (C=O) groups excluding carboxylic acids is 1. The topological polar surface area (TPSA) is 48.5 Å². The third-order valence-corrected chi connectivity index (χ3v) is 6.40. The second-order valence-electron chi connectivity index (χ2n) is 8.63. The summed E-state index contributed by atoms with van der Waals surface area (Å²) in [4.78, 5) is 21.3. The highest BCUT2D eigenvalue weighted by atomic mass is 16.2. The van der Waals surface area contributed by atoms with Gasteiger partial charge in [-0.1, -0.05) is 30.3 Å². The van der Waals surface area contributed by atoms with Gasteiger partial charge in [-0.05, 0) is 55.5 Å². The summed E-state index contributed by atoms with van der Waals surface area (Å²) in [6, 6.07) is 19.1. The van der Waals surface area contributed by atoms with Crippen LogP contribution in [0.3, 0.4) is 0 Å². The Kier molecular flexibility index (Phi) is 5.85. The predicted octanol–water partition coefficient (Wildman–Crippen LogP) is 4.64. The van der Waals surface area contributed by atoms with Crippen LogP contribution in [0.25, 0.3) is 10.9 Å². The Labute approximate surface area is 184 Å². The molecule has 0 saturated carbocycles. The number of para-hydroxylation sites is 1. The van der Waals surface area contributed by atoms with Crippen LogP contribution in [0.5, 0.6) is 0 Å². The first kappa shape index (κ1) is 20.0. The van der Waals surface area contributed by atoms with Crippen molar-refractivity contribution >= 4 is 28.3 Å². The fourth-order valence-corrected chi connectivity index (χ4v) is 4.72. The number of piperidine rings is 1. The summed E-state index contributed by atoms with van der Waals surface area (Å²) in [6.07, 6.45) is 5.43. The monoisotopic (exact) mass is 414 g/mol. The summed E-state index contributed by atoms with van der Waals surface area (Å²) in [5.41, 5.74) is 4.57. The van der Waals surface area contributed by atoms with Gasteiger partial charge in [0.2, 0.25) is 5.91 Å². The van der Waals surface area contributed by atoms with E-state index in [-0.39, 0.29) is 5.91 Å². The SMILES string of the molecule is O=C1CCCN1c1ccc(CNCc2cc3ccccc3nc2N2CCCCC2)cc1. The van der Waals surface area contributed by atoms with E-state index in [0.29, 0.717) is 6.42 Å². The van der Waals surface area contributed by atoms with Crippen molar-refractivity contribution in [1.82, 2.24) is 10.3 Å². The van der Waals surface area contributed by atoms with Crippen molar-refractivity contribution in [2.75, 3.05) is 29.4 Å². The van der Waals surface area contributed by atoms with Gasteiger partial charge in [0.25, 0.3) is 0 Å². The molecule has 0 unspecified atom stereocenters. The van der Waals surface area contributed by atoms with Gasteiger partial charge in [0.1, 0.15) is 5.82 Å². The second-order valence-corrected chi connectivity index (χ2v) is 8.63. The highest BCUT2D eigenvalue weighted by Gasteiger charge is 2.21. The van der Waals surface area contributed by atoms with Gasteiger partial charge in [-0.2, -0.15) is 0 Å². The van der Waals surface area contributed by atoms with Crippen LogP contribution in [0.15, 0.2) is 54.6 Å². The van der Waals surface area contributed by atoms with Crippen LogP contribution in [0.4, 0.5) is 11.5 Å². The minimum atomic E-state index is 0.236. The minimum absolute atomic E-state index is 0.236. The Morgan fingerprint density at radius 3 is 2.45 bits per heavy atom. The van der Waals surface area contributed by atoms with Crippen molar-refractivity contribution in [2.45, 2.75) is 45.2 Å². The summed E-state index contributed by atoms with van der Waals surface area (Å²) in [5, 5.41) is 4.81. The van der Waals surface area contributed by atoms with Gasteiger partial charge >= 0.3 is 0 Å². The molecule has 5 heteroatoms. The third kappa shape index (κ3) is 4.42. The lowest BCUT2D eigenvalue weighted by atomic mass is 10.1. The number of pyridine rings is 1. The van der Waals surface area contributed by atoms with E-state index < -0.39 is 0 Å². The van der Waals surface area contributed by atoms with Crippen molar-refractivity contribution in [3.8, 4) is 0 Å². The Bertz CT molecular complexity index is 1060. The summed E-state index contributed by atoms with van der Waals surface area (Å²) in [7, 11) is 0. The van der Waals surface area contributed by atoms with Crippen LogP contribution in [-0.4, -0.2) is 30.5 Å². The number of nitrogens with one attached hydrogen (secondary N) is 1. The first-order valence-corrected chi connectivity index (χ1v) is 11.5. The maximum atomic E-state index is 11.9. The number of aromatic nitrogens is 1. The number of fused-ring (bicyclic) bond motifs is 1. The van der Waals surface area contributed by atoms with Gasteiger partial charge < -0.3 is 15.1 Å². The van der Waals surface area contributed by atoms with Crippen LogP contribution in [0, 0.1) is 0 Å². The van der Waals surface area contributed by atoms with Crippen molar-refractivity contribution in [3.05, 3.63) is 65.7 Å². The van der Waals surface area contributed by atoms with Crippen molar-refractivity contribution in [3.63, 3.8) is 0 Å². The maximum Gasteiger partial charge on any atom is 0.227 e. The molecule has 1 N–H and O–H groups in total. The highest BCUT2D eigenvalue weighted by molar-refractivity contribution is 5.95. The average molecular weight is 415 g/mol. The fraction of sp³-hybridized carbons (Fsp3) is 0.385. The molecular weight excluding hydrogens is 384 g/mol. The molecule has 1 amide bonds. The molecule has 160 valence electrons. The molecular formula is C26H30N4O. The Hall–Kier alpha value is -2.92. The molecule has 2 fully saturated rings. The molecule has 2 aromatic carbocycles. The van der Waals surface area contributed by atoms with Gasteiger partial charge in [-0.3, -0.25) is 4.79 Å². The first-order chi connectivity index (χ1) is 15.3. The quantitative estimate of drug-likeness (QED) is 0.638. The Morgan fingerprint density at radius 1 is 0.871 bits per heavy atom. The Morgan fingerprint density at radius 2 is 1.68 bits per heavy atom. The summed E-state index contributed by atoms with van der Waals surface area (Å²) < 4.78 is 0. The first-order valence-electron chi connectivity index (χ1n) is 11.5. The van der Waals surface area contributed by atoms with E-state index in [2.05, 4.69) is 64.8 Å². The lowest BCUT2D eigenvalue weighted by Crippen LogP contribution is -2.31. The molecule has 2 aliphatic heterocycles. The molecule has 1 aromatic heterocycles. The molecule has 5 nitrogen and oxygen atoms in total. The zero-order valence-corrected chi connectivity index (χ0v) is 18.0. The number of carbonyl (C=O) groups is 1. The molecule has 3 aromatic rings. The van der Waals surface area contributed by atoms with Gasteiger partial charge in [0, 0.05) is 55.8 Å². The van der Waals surface area contributed by atoms with E-state index in [4.69, 9.17) is 4.98 Å². The lowest BCUT2D eigenvalue weighted by Gasteiger charge is -2.30. The summed E-state index contributed by atoms with van der Waals surface area (Å²) in [6.45, 7) is 4.60. The number of hydrogen-bond donors (Lipinski definition) is 1. The van der Waals surface area contributed by atoms with Gasteiger partial charge in [0.05, 0.1) is 5.52 Å². The molecule has 5 rings (SSSR count). The molecule has 2 saturated heterocycles. The zero-order chi connectivity index (χ0) is 21.0. The normalized spacial score (nSPS) is 17.0. The molecule has 0 atom stereocenters. The van der Waals surface area contributed by atoms with Crippen molar-refractivity contribution in [2.24, 2.45) is 0 Å². The smallest absolute Gasteiger partial charge is 0.227 e. The molecule has 0 spiro atoms. The minimum Gasteiger partial charge on any atom is -0.356 e. The third-order valence-electron chi connectivity index (χ3n) is 6.40. The fourth-order valence-electron chi connectivity index (χ4n) is 4.72. The van der Waals surface area contributed by atoms with Crippen LogP contribution >= 0.6 is 0 Å². The highest BCUT2D eigenvalue weighted by Crippen LogP contribution is 2.26. The summed E-state index contributed by atoms with van der Waals surface area (Å²) in [5.74, 6) is 1.37. The number of nitrogens with zero attached hydrogens (tertiary/aromatic N) is 3. The van der Waals surface area contributed by atoms with E-state index >= 15 is 0 Å². The van der Waals surface area contributed by atoms with E-state index in [9.17, 15) is 4.79 Å². The lowest BCUT2D eigenvalue weighted by molar-refractivity contribution is -0.117. The maximum absolute atomic E-state index is 11.9. The number of hydrogen-bond acceptors (Lipinski definition) is 4. The van der Waals surface area contributed by atoms with Crippen molar-refractivity contribution < 1.29 is 4.79 Å². The van der Waals surface area contributed by atoms with Crippen LogP contribution in [0.2, 0.25) is 0 Å². The standard InChI is InChI=1S/C26H30N4O/c31-25-9-6-16-30(25)23-12-10-20(11-13-23)18-27-19-22-17-21-7-2-3-8-24(21)28-26(22)29-14-4-1-5-15-29/h2-3,7-8,10-13,17,27H,1,4-6,9,14-16,18-19H2. The Balaban J connectivity index is 1.29. The number of amides is 1. The van der Waals surface area contributed by atoms with Crippen LogP contribution in [-0.2, 0) is 17.9 Å². The molecule has 3 heterocycles. The van der Waals surface area contributed by atoms with Crippen LogP contribution < -0.4 is 15.1 Å². The van der Waals surface area contributed by atoms with E-state index in [1.807, 2.05) is 4.90 Å². The predicted molar refractivity (Wildman–Crippen MR) is 126 cm³/mol.